The number of thioether (sulfide) groups is 1. The Balaban J connectivity index is 1.47. The number of ether oxygens (including phenoxy) is 1. The number of nitrogen functional groups attached to an aromatic ring is 1. The van der Waals surface area contributed by atoms with Crippen LogP contribution >= 0.6 is 35.2 Å². The number of amides is 2. The number of imidazole rings is 1. The third-order valence-electron chi connectivity index (χ3n) is 8.04. The highest BCUT2D eigenvalue weighted by molar-refractivity contribution is 7.99. The Hall–Kier alpha value is -2.11. The summed E-state index contributed by atoms with van der Waals surface area (Å²) in [6.45, 7) is 3.11. The van der Waals surface area contributed by atoms with Gasteiger partial charge in [0.05, 0.1) is 19.5 Å². The van der Waals surface area contributed by atoms with Gasteiger partial charge < -0.3 is 50.9 Å². The number of phosphoric ester groups is 3. The van der Waals surface area contributed by atoms with Crippen LogP contribution in [0.15, 0.2) is 12.7 Å². The van der Waals surface area contributed by atoms with E-state index in [0.29, 0.717) is 6.54 Å². The first-order chi connectivity index (χ1) is 25.7. The minimum absolute atomic E-state index is 0.0331. The number of rotatable bonds is 25. The van der Waals surface area contributed by atoms with E-state index >= 15 is 0 Å². The lowest BCUT2D eigenvalue weighted by molar-refractivity contribution is -0.137. The van der Waals surface area contributed by atoms with Crippen molar-refractivity contribution in [2.24, 2.45) is 5.41 Å². The van der Waals surface area contributed by atoms with E-state index in [4.69, 9.17) is 19.5 Å². The van der Waals surface area contributed by atoms with E-state index in [1.54, 1.807) is 11.8 Å². The van der Waals surface area contributed by atoms with Crippen LogP contribution in [0.2, 0.25) is 0 Å². The Labute approximate surface area is 320 Å². The number of nitrogens with zero attached hydrogens (tertiary/aromatic N) is 4. The number of unbranched alkanes of at least 4 members (excludes halogenated alkanes) is 4. The molecule has 27 heteroatoms. The van der Waals surface area contributed by atoms with Crippen molar-refractivity contribution in [3.8, 4) is 0 Å². The number of phosphoric acid groups is 3. The monoisotopic (exact) mass is 865 g/mol. The minimum Gasteiger partial charge on any atom is -0.386 e. The number of anilines is 1. The topological polar surface area (TPSA) is 347 Å². The second-order valence-electron chi connectivity index (χ2n) is 13.1. The van der Waals surface area contributed by atoms with E-state index in [9.17, 15) is 53.1 Å². The summed E-state index contributed by atoms with van der Waals surface area (Å²) < 4.78 is 62.2. The lowest BCUT2D eigenvalue weighted by Crippen LogP contribution is -2.46. The maximum Gasteiger partial charge on any atom is 0.481 e. The maximum absolute atomic E-state index is 12.7. The van der Waals surface area contributed by atoms with E-state index < -0.39 is 78.6 Å². The van der Waals surface area contributed by atoms with Crippen LogP contribution in [-0.4, -0.2) is 123 Å². The number of aliphatic hydroxyl groups is 2. The van der Waals surface area contributed by atoms with Gasteiger partial charge >= 0.3 is 23.5 Å². The molecule has 7 atom stereocenters. The molecule has 1 saturated heterocycles. The van der Waals surface area contributed by atoms with E-state index in [2.05, 4.69) is 41.3 Å². The van der Waals surface area contributed by atoms with Gasteiger partial charge in [0.1, 0.15) is 36.3 Å². The SMILES string of the molecule is CCCCCCCSCCNC(=O)CCNC(=O)[C@H](O)C(C)(C)COP(=O)(O)OP(=O)(O)OC[C@H]1O[C@@H](n2cnc3c(N)ncnc32)[C@H](O)[C@@H]1OP(=O)(O)O. The summed E-state index contributed by atoms with van der Waals surface area (Å²) in [5, 5.41) is 26.6. The van der Waals surface area contributed by atoms with Crippen LogP contribution < -0.4 is 16.4 Å². The highest BCUT2D eigenvalue weighted by Gasteiger charge is 2.50. The number of carbonyl (C=O) groups excluding carboxylic acids is 2. The molecule has 23 nitrogen and oxygen atoms in total. The van der Waals surface area contributed by atoms with Gasteiger partial charge in [0, 0.05) is 30.7 Å². The predicted molar refractivity (Wildman–Crippen MR) is 196 cm³/mol. The Morgan fingerprint density at radius 3 is 2.40 bits per heavy atom. The predicted octanol–water partition coefficient (Wildman–Crippen LogP) is 1.11. The van der Waals surface area contributed by atoms with Crippen molar-refractivity contribution in [2.75, 3.05) is 43.5 Å². The quantitative estimate of drug-likeness (QED) is 0.0498. The number of nitrogens with two attached hydrogens (primary N) is 1. The second kappa shape index (κ2) is 21.1. The van der Waals surface area contributed by atoms with Gasteiger partial charge in [0.25, 0.3) is 0 Å². The van der Waals surface area contributed by atoms with Crippen molar-refractivity contribution in [1.82, 2.24) is 30.2 Å². The smallest absolute Gasteiger partial charge is 0.386 e. The van der Waals surface area contributed by atoms with Gasteiger partial charge in [-0.3, -0.25) is 27.7 Å². The maximum atomic E-state index is 12.7. The van der Waals surface area contributed by atoms with Crippen LogP contribution in [0.1, 0.15) is 65.5 Å². The molecule has 0 radical (unpaired) electrons. The van der Waals surface area contributed by atoms with Crippen LogP contribution in [-0.2, 0) is 45.9 Å². The molecule has 0 aromatic carbocycles. The fourth-order valence-electron chi connectivity index (χ4n) is 5.11. The molecule has 2 aromatic rings. The average molecular weight is 866 g/mol. The zero-order valence-electron chi connectivity index (χ0n) is 30.4. The van der Waals surface area contributed by atoms with Gasteiger partial charge in [-0.1, -0.05) is 46.5 Å². The molecule has 2 aromatic heterocycles. The summed E-state index contributed by atoms with van der Waals surface area (Å²) in [5.41, 5.74) is 4.33. The minimum atomic E-state index is -5.54. The number of carbonyl (C=O) groups is 2. The van der Waals surface area contributed by atoms with E-state index in [1.807, 2.05) is 0 Å². The van der Waals surface area contributed by atoms with Crippen LogP contribution in [0.5, 0.6) is 0 Å². The van der Waals surface area contributed by atoms with Crippen LogP contribution in [0, 0.1) is 5.41 Å². The molecule has 1 aliphatic rings. The van der Waals surface area contributed by atoms with E-state index in [1.165, 1.54) is 39.5 Å². The Morgan fingerprint density at radius 1 is 1.02 bits per heavy atom. The van der Waals surface area contributed by atoms with Crippen molar-refractivity contribution in [2.45, 2.75) is 89.9 Å². The molecule has 0 bridgehead atoms. The number of fused-ring (bicyclic) bond motifs is 1. The van der Waals surface area contributed by atoms with Crippen LogP contribution in [0.25, 0.3) is 11.2 Å². The lowest BCUT2D eigenvalue weighted by atomic mass is 9.87. The first-order valence-corrected chi connectivity index (χ1v) is 22.8. The van der Waals surface area contributed by atoms with E-state index in [-0.39, 0.29) is 35.9 Å². The largest absolute Gasteiger partial charge is 0.481 e. The van der Waals surface area contributed by atoms with Crippen LogP contribution in [0.4, 0.5) is 5.82 Å². The zero-order valence-corrected chi connectivity index (χ0v) is 33.9. The third kappa shape index (κ3) is 15.3. The standard InChI is InChI=1S/C28H50N7O16P3S/c1-4-5-6-7-8-12-55-13-11-30-19(36)9-10-31-26(39)23(38)28(2,3)15-48-54(45,46)51-53(43,44)47-14-18-22(50-52(40,41)42)21(37)27(49-18)35-17-34-20-24(29)32-16-33-25(20)35/h16-18,21-23,27,37-38H,4-15H2,1-3H3,(H,30,36)(H,31,39)(H,43,44)(H,45,46)(H2,29,32,33)(H2,40,41,42)/t18-,21-,22-,23+,27-/m1/s1. The Kier molecular flexibility index (Phi) is 18.1. The molecule has 10 N–H and O–H groups in total. The lowest BCUT2D eigenvalue weighted by Gasteiger charge is -2.30. The molecule has 0 aliphatic carbocycles. The van der Waals surface area contributed by atoms with Gasteiger partial charge in [0.15, 0.2) is 17.7 Å². The molecule has 2 unspecified atom stereocenters. The summed E-state index contributed by atoms with van der Waals surface area (Å²) in [6, 6.07) is 0. The fourth-order valence-corrected chi connectivity index (χ4v) is 8.80. The van der Waals surface area contributed by atoms with Crippen LogP contribution in [0.3, 0.4) is 0 Å². The zero-order chi connectivity index (χ0) is 41.0. The summed E-state index contributed by atoms with van der Waals surface area (Å²) in [7, 11) is -16.3. The van der Waals surface area contributed by atoms with Crippen molar-refractivity contribution in [3.63, 3.8) is 0 Å². The second-order valence-corrected chi connectivity index (χ2v) is 18.6. The molecular weight excluding hydrogens is 815 g/mol. The molecule has 1 aliphatic heterocycles. The highest BCUT2D eigenvalue weighted by atomic mass is 32.2. The van der Waals surface area contributed by atoms with Crippen molar-refractivity contribution in [3.05, 3.63) is 12.7 Å². The molecule has 0 saturated carbocycles. The number of hydrogen-bond donors (Lipinski definition) is 9. The first-order valence-electron chi connectivity index (χ1n) is 17.1. The molecule has 2 amide bonds. The molecule has 314 valence electrons. The summed E-state index contributed by atoms with van der Waals surface area (Å²) >= 11 is 1.74. The first kappa shape index (κ1) is 47.3. The number of hydrogen-bond acceptors (Lipinski definition) is 17. The number of aliphatic hydroxyl groups excluding tert-OH is 2. The summed E-state index contributed by atoms with van der Waals surface area (Å²) in [6.07, 6.45) is -0.738. The van der Waals surface area contributed by atoms with Crippen molar-refractivity contribution in [1.29, 1.82) is 0 Å². The van der Waals surface area contributed by atoms with Gasteiger partial charge in [-0.15, -0.1) is 0 Å². The van der Waals surface area contributed by atoms with Crippen molar-refractivity contribution >= 4 is 64.0 Å². The highest BCUT2D eigenvalue weighted by Crippen LogP contribution is 2.61. The Morgan fingerprint density at radius 2 is 1.71 bits per heavy atom. The van der Waals surface area contributed by atoms with E-state index in [0.717, 1.165) is 35.1 Å². The number of nitrogens with one attached hydrogen (secondary N) is 2. The normalized spacial score (nSPS) is 21.9. The van der Waals surface area contributed by atoms with Gasteiger partial charge in [-0.2, -0.15) is 16.1 Å². The third-order valence-corrected chi connectivity index (χ3v) is 12.2. The summed E-state index contributed by atoms with van der Waals surface area (Å²) in [5.74, 6) is 0.507. The number of aromatic nitrogens is 4. The molecule has 1 fully saturated rings. The molecule has 0 spiro atoms. The molecular formula is C28H50N7O16P3S. The summed E-state index contributed by atoms with van der Waals surface area (Å²) in [4.78, 5) is 75.6. The van der Waals surface area contributed by atoms with Gasteiger partial charge in [-0.25, -0.2) is 28.6 Å². The fraction of sp³-hybridized carbons (Fsp3) is 0.750. The van der Waals surface area contributed by atoms with Gasteiger partial charge in [0.2, 0.25) is 11.8 Å². The molecule has 3 rings (SSSR count). The Bertz CT molecular complexity index is 1720. The van der Waals surface area contributed by atoms with Crippen molar-refractivity contribution < 1.29 is 75.7 Å². The molecule has 3 heterocycles. The van der Waals surface area contributed by atoms with Gasteiger partial charge in [-0.05, 0) is 12.2 Å². The molecule has 55 heavy (non-hydrogen) atoms. The average Bonchev–Trinajstić information content (AvgIpc) is 3.65.